The summed E-state index contributed by atoms with van der Waals surface area (Å²) in [6.07, 6.45) is 2.87. The van der Waals surface area contributed by atoms with E-state index in [-0.39, 0.29) is 6.04 Å². The number of carbonyl (C=O) groups is 1. The van der Waals surface area contributed by atoms with Crippen molar-refractivity contribution in [1.82, 2.24) is 5.32 Å². The van der Waals surface area contributed by atoms with E-state index in [0.29, 0.717) is 0 Å². The Labute approximate surface area is 89.9 Å². The topological polar surface area (TPSA) is 62.1 Å². The maximum Gasteiger partial charge on any atom is 0.408 e. The molecule has 0 aromatic carbocycles. The molecule has 1 rings (SSSR count). The number of nitrogens with one attached hydrogen (secondary N) is 1. The molecule has 1 atom stereocenters. The van der Waals surface area contributed by atoms with E-state index < -0.39 is 11.7 Å². The lowest BCUT2D eigenvalue weighted by Gasteiger charge is -2.21. The molecule has 0 saturated heterocycles. The van der Waals surface area contributed by atoms with Crippen molar-refractivity contribution in [3.63, 3.8) is 0 Å². The number of alkyl carbamates (subject to hydrolysis) is 1. The van der Waals surface area contributed by atoms with Crippen molar-refractivity contribution < 1.29 is 9.53 Å². The molecule has 0 spiro atoms. The standard InChI is InChI=1S/C11H16N2O2/c1-11(2,3)15-10(14)13-9-5-4-8(6-9)7-12/h6,9H,4-5H2,1-3H3,(H,13,14)/t9-/m0/s1. The molecule has 1 aliphatic carbocycles. The minimum atomic E-state index is -0.482. The van der Waals surface area contributed by atoms with Gasteiger partial charge in [-0.3, -0.25) is 0 Å². The molecule has 82 valence electrons. The predicted molar refractivity (Wildman–Crippen MR) is 56.1 cm³/mol. The normalized spacial score (nSPS) is 20.4. The van der Waals surface area contributed by atoms with E-state index >= 15 is 0 Å². The van der Waals surface area contributed by atoms with Crippen molar-refractivity contribution in [1.29, 1.82) is 5.26 Å². The molecule has 1 N–H and O–H groups in total. The van der Waals surface area contributed by atoms with Gasteiger partial charge < -0.3 is 10.1 Å². The van der Waals surface area contributed by atoms with Gasteiger partial charge in [-0.2, -0.15) is 5.26 Å². The van der Waals surface area contributed by atoms with Gasteiger partial charge in [-0.05, 0) is 39.7 Å². The average Bonchev–Trinajstić information content (AvgIpc) is 2.48. The second kappa shape index (κ2) is 4.35. The fourth-order valence-corrected chi connectivity index (χ4v) is 1.39. The number of nitriles is 1. The number of rotatable bonds is 1. The maximum absolute atomic E-state index is 11.4. The Hall–Kier alpha value is -1.50. The van der Waals surface area contributed by atoms with Crippen molar-refractivity contribution in [3.8, 4) is 6.07 Å². The molecular formula is C11H16N2O2. The fourth-order valence-electron chi connectivity index (χ4n) is 1.39. The Balaban J connectivity index is 2.41. The number of hydrogen-bond acceptors (Lipinski definition) is 3. The third kappa shape index (κ3) is 4.03. The van der Waals surface area contributed by atoms with Crippen LogP contribution < -0.4 is 5.32 Å². The van der Waals surface area contributed by atoms with Gasteiger partial charge in [0.05, 0.1) is 12.1 Å². The zero-order chi connectivity index (χ0) is 11.5. The Morgan fingerprint density at radius 1 is 1.67 bits per heavy atom. The summed E-state index contributed by atoms with van der Waals surface area (Å²) in [5, 5.41) is 11.4. The SMILES string of the molecule is CC(C)(C)OC(=O)N[C@@H]1C=C(C#N)CC1. The van der Waals surface area contributed by atoms with Crippen molar-refractivity contribution in [2.45, 2.75) is 45.3 Å². The van der Waals surface area contributed by atoms with E-state index in [4.69, 9.17) is 10.00 Å². The van der Waals surface area contributed by atoms with Gasteiger partial charge in [0, 0.05) is 5.57 Å². The molecule has 0 aromatic heterocycles. The van der Waals surface area contributed by atoms with Gasteiger partial charge >= 0.3 is 6.09 Å². The molecule has 1 amide bonds. The number of allylic oxidation sites excluding steroid dienone is 1. The summed E-state index contributed by atoms with van der Waals surface area (Å²) >= 11 is 0. The van der Waals surface area contributed by atoms with Gasteiger partial charge in [0.2, 0.25) is 0 Å². The lowest BCUT2D eigenvalue weighted by Crippen LogP contribution is -2.37. The Kier molecular flexibility index (Phi) is 3.35. The summed E-state index contributed by atoms with van der Waals surface area (Å²) in [6.45, 7) is 5.45. The van der Waals surface area contributed by atoms with Crippen molar-refractivity contribution in [2.24, 2.45) is 0 Å². The Morgan fingerprint density at radius 3 is 2.80 bits per heavy atom. The first-order valence-electron chi connectivity index (χ1n) is 5.01. The van der Waals surface area contributed by atoms with Gasteiger partial charge in [0.25, 0.3) is 0 Å². The molecule has 0 heterocycles. The Bertz CT molecular complexity index is 320. The highest BCUT2D eigenvalue weighted by atomic mass is 16.6. The van der Waals surface area contributed by atoms with Crippen molar-refractivity contribution >= 4 is 6.09 Å². The summed E-state index contributed by atoms with van der Waals surface area (Å²) in [5.41, 5.74) is 0.251. The number of carbonyl (C=O) groups excluding carboxylic acids is 1. The smallest absolute Gasteiger partial charge is 0.408 e. The lowest BCUT2D eigenvalue weighted by atomic mass is 10.2. The number of ether oxygens (including phenoxy) is 1. The van der Waals surface area contributed by atoms with Gasteiger partial charge in [-0.25, -0.2) is 4.79 Å². The molecule has 0 aromatic rings. The lowest BCUT2D eigenvalue weighted by molar-refractivity contribution is 0.0514. The van der Waals surface area contributed by atoms with Crippen LogP contribution in [0.3, 0.4) is 0 Å². The van der Waals surface area contributed by atoms with Crippen molar-refractivity contribution in [2.75, 3.05) is 0 Å². The third-order valence-electron chi connectivity index (χ3n) is 1.97. The highest BCUT2D eigenvalue weighted by Gasteiger charge is 2.21. The monoisotopic (exact) mass is 208 g/mol. The molecule has 0 bridgehead atoms. The van der Waals surface area contributed by atoms with E-state index in [1.807, 2.05) is 20.8 Å². The van der Waals surface area contributed by atoms with Crippen LogP contribution in [0.2, 0.25) is 0 Å². The largest absolute Gasteiger partial charge is 0.444 e. The zero-order valence-electron chi connectivity index (χ0n) is 9.33. The van der Waals surface area contributed by atoms with E-state index in [1.165, 1.54) is 0 Å². The molecule has 4 nitrogen and oxygen atoms in total. The highest BCUT2D eigenvalue weighted by Crippen LogP contribution is 2.18. The summed E-state index contributed by atoms with van der Waals surface area (Å²) in [4.78, 5) is 11.4. The van der Waals surface area contributed by atoms with E-state index in [1.54, 1.807) is 6.08 Å². The minimum absolute atomic E-state index is 0.0606. The minimum Gasteiger partial charge on any atom is -0.444 e. The summed E-state index contributed by atoms with van der Waals surface area (Å²) in [5.74, 6) is 0. The number of nitrogens with zero attached hydrogens (tertiary/aromatic N) is 1. The van der Waals surface area contributed by atoms with Crippen LogP contribution in [-0.4, -0.2) is 17.7 Å². The van der Waals surface area contributed by atoms with E-state index in [9.17, 15) is 4.79 Å². The van der Waals surface area contributed by atoms with Crippen LogP contribution in [0.15, 0.2) is 11.6 Å². The summed E-state index contributed by atoms with van der Waals surface area (Å²) in [7, 11) is 0. The second-order valence-corrected chi connectivity index (χ2v) is 4.60. The second-order valence-electron chi connectivity index (χ2n) is 4.60. The maximum atomic E-state index is 11.4. The molecule has 15 heavy (non-hydrogen) atoms. The fraction of sp³-hybridized carbons (Fsp3) is 0.636. The number of amides is 1. The summed E-state index contributed by atoms with van der Waals surface area (Å²) < 4.78 is 5.11. The highest BCUT2D eigenvalue weighted by molar-refractivity contribution is 5.68. The van der Waals surface area contributed by atoms with E-state index in [0.717, 1.165) is 18.4 Å². The quantitative estimate of drug-likeness (QED) is 0.718. The third-order valence-corrected chi connectivity index (χ3v) is 1.97. The van der Waals surface area contributed by atoms with Crippen LogP contribution in [-0.2, 0) is 4.74 Å². The van der Waals surface area contributed by atoms with Gasteiger partial charge in [-0.15, -0.1) is 0 Å². The van der Waals surface area contributed by atoms with E-state index in [2.05, 4.69) is 11.4 Å². The van der Waals surface area contributed by atoms with Gasteiger partial charge in [-0.1, -0.05) is 0 Å². The Morgan fingerprint density at radius 2 is 2.33 bits per heavy atom. The zero-order valence-corrected chi connectivity index (χ0v) is 9.33. The first-order valence-corrected chi connectivity index (χ1v) is 5.01. The molecule has 0 aliphatic heterocycles. The van der Waals surface area contributed by atoms with Crippen LogP contribution >= 0.6 is 0 Å². The molecule has 0 fully saturated rings. The van der Waals surface area contributed by atoms with Crippen molar-refractivity contribution in [3.05, 3.63) is 11.6 Å². The molecule has 0 unspecified atom stereocenters. The summed E-state index contributed by atoms with van der Waals surface area (Å²) in [6, 6.07) is 2.02. The van der Waals surface area contributed by atoms with Crippen LogP contribution in [0, 0.1) is 11.3 Å². The molecule has 0 saturated carbocycles. The molecule has 4 heteroatoms. The van der Waals surface area contributed by atoms with Gasteiger partial charge in [0.1, 0.15) is 5.60 Å². The van der Waals surface area contributed by atoms with Gasteiger partial charge in [0.15, 0.2) is 0 Å². The van der Waals surface area contributed by atoms with Crippen LogP contribution in [0.1, 0.15) is 33.6 Å². The number of hydrogen-bond donors (Lipinski definition) is 1. The molecular weight excluding hydrogens is 192 g/mol. The predicted octanol–water partition coefficient (Wildman–Crippen LogP) is 2.12. The first kappa shape index (κ1) is 11.6. The van der Waals surface area contributed by atoms with Crippen LogP contribution in [0.4, 0.5) is 4.79 Å². The molecule has 0 radical (unpaired) electrons. The van der Waals surface area contributed by atoms with Crippen LogP contribution in [0.25, 0.3) is 0 Å². The van der Waals surface area contributed by atoms with Crippen LogP contribution in [0.5, 0.6) is 0 Å². The average molecular weight is 208 g/mol. The molecule has 1 aliphatic rings. The first-order chi connectivity index (χ1) is 6.90.